The molecule has 2 rings (SSSR count). The van der Waals surface area contributed by atoms with Crippen LogP contribution in [0.1, 0.15) is 24.7 Å². The Balaban J connectivity index is 2.13. The molecule has 0 aliphatic carbocycles. The number of carbonyl (C=O) groups is 1. The molecule has 0 bridgehead atoms. The minimum absolute atomic E-state index is 0.156. The predicted molar refractivity (Wildman–Crippen MR) is 85.0 cm³/mol. The van der Waals surface area contributed by atoms with E-state index in [0.717, 1.165) is 22.2 Å². The third-order valence-corrected chi connectivity index (χ3v) is 4.11. The monoisotopic (exact) mass is 304 g/mol. The smallest absolute Gasteiger partial charge is 0.306 e. The van der Waals surface area contributed by atoms with E-state index in [1.54, 1.807) is 11.8 Å². The van der Waals surface area contributed by atoms with Gasteiger partial charge in [0.1, 0.15) is 0 Å². The van der Waals surface area contributed by atoms with Crippen LogP contribution in [0.4, 0.5) is 0 Å². The summed E-state index contributed by atoms with van der Waals surface area (Å²) in [5.74, 6) is 0.512. The minimum atomic E-state index is -0.156. The maximum Gasteiger partial charge on any atom is 0.306 e. The lowest BCUT2D eigenvalue weighted by molar-refractivity contribution is -0.142. The largest absolute Gasteiger partial charge is 0.466 e. The quantitative estimate of drug-likeness (QED) is 0.605. The maximum atomic E-state index is 11.4. The Morgan fingerprint density at radius 1 is 1.29 bits per heavy atom. The first-order valence-electron chi connectivity index (χ1n) is 7.03. The average molecular weight is 304 g/mol. The van der Waals surface area contributed by atoms with Gasteiger partial charge in [-0.1, -0.05) is 30.0 Å². The van der Waals surface area contributed by atoms with Crippen LogP contribution in [0, 0.1) is 13.8 Å². The molecular formula is C16H20N2O2S. The molecule has 0 saturated carbocycles. The van der Waals surface area contributed by atoms with E-state index in [-0.39, 0.29) is 5.97 Å². The number of benzene rings is 1. The van der Waals surface area contributed by atoms with E-state index in [1.165, 1.54) is 0 Å². The molecule has 5 heteroatoms. The van der Waals surface area contributed by atoms with Gasteiger partial charge < -0.3 is 4.74 Å². The van der Waals surface area contributed by atoms with Crippen LogP contribution in [0.25, 0.3) is 5.69 Å². The van der Waals surface area contributed by atoms with Crippen LogP contribution in [0.2, 0.25) is 0 Å². The van der Waals surface area contributed by atoms with Crippen molar-refractivity contribution in [2.45, 2.75) is 32.3 Å². The molecule has 112 valence electrons. The molecule has 0 aliphatic heterocycles. The first kappa shape index (κ1) is 15.6. The lowest BCUT2D eigenvalue weighted by Crippen LogP contribution is -2.05. The predicted octanol–water partition coefficient (Wildman–Crippen LogP) is 3.53. The van der Waals surface area contributed by atoms with Crippen LogP contribution < -0.4 is 0 Å². The van der Waals surface area contributed by atoms with Gasteiger partial charge in [-0.2, -0.15) is 0 Å². The van der Waals surface area contributed by atoms with Crippen LogP contribution in [0.5, 0.6) is 0 Å². The van der Waals surface area contributed by atoms with Gasteiger partial charge in [-0.15, -0.1) is 0 Å². The number of aryl methyl sites for hydroxylation is 1. The normalized spacial score (nSPS) is 10.6. The summed E-state index contributed by atoms with van der Waals surface area (Å²) in [6.45, 7) is 6.31. The van der Waals surface area contributed by atoms with Gasteiger partial charge in [0.25, 0.3) is 0 Å². The molecule has 1 aromatic heterocycles. The van der Waals surface area contributed by atoms with Gasteiger partial charge >= 0.3 is 5.97 Å². The van der Waals surface area contributed by atoms with E-state index in [9.17, 15) is 4.79 Å². The van der Waals surface area contributed by atoms with Crippen molar-refractivity contribution in [1.29, 1.82) is 0 Å². The van der Waals surface area contributed by atoms with Crippen molar-refractivity contribution in [3.63, 3.8) is 0 Å². The van der Waals surface area contributed by atoms with Crippen molar-refractivity contribution in [2.24, 2.45) is 0 Å². The van der Waals surface area contributed by atoms with Gasteiger partial charge in [0.15, 0.2) is 5.16 Å². The summed E-state index contributed by atoms with van der Waals surface area (Å²) < 4.78 is 7.07. The summed E-state index contributed by atoms with van der Waals surface area (Å²) in [4.78, 5) is 16.0. The number of carbonyl (C=O) groups excluding carboxylic acids is 1. The van der Waals surface area contributed by atoms with Crippen LogP contribution in [-0.4, -0.2) is 27.9 Å². The number of nitrogens with zero attached hydrogens (tertiary/aromatic N) is 2. The highest BCUT2D eigenvalue weighted by Gasteiger charge is 2.13. The Bertz CT molecular complexity index is 608. The van der Waals surface area contributed by atoms with Crippen molar-refractivity contribution >= 4 is 17.7 Å². The van der Waals surface area contributed by atoms with Crippen molar-refractivity contribution in [3.8, 4) is 5.69 Å². The molecule has 4 nitrogen and oxygen atoms in total. The van der Waals surface area contributed by atoms with Gasteiger partial charge in [0.05, 0.1) is 18.7 Å². The first-order chi connectivity index (χ1) is 10.1. The van der Waals surface area contributed by atoms with Gasteiger partial charge in [0.2, 0.25) is 0 Å². The van der Waals surface area contributed by atoms with E-state index in [0.29, 0.717) is 18.8 Å². The zero-order valence-corrected chi connectivity index (χ0v) is 13.4. The molecule has 0 radical (unpaired) electrons. The standard InChI is InChI=1S/C16H20N2O2S/c1-4-20-15(19)10-11-21-16-17-12(2)13(3)18(16)14-8-6-5-7-9-14/h5-9H,4,10-11H2,1-3H3. The topological polar surface area (TPSA) is 44.1 Å². The van der Waals surface area contributed by atoms with Crippen LogP contribution in [0.3, 0.4) is 0 Å². The Hall–Kier alpha value is -1.75. The molecule has 1 heterocycles. The zero-order chi connectivity index (χ0) is 15.2. The van der Waals surface area contributed by atoms with Crippen molar-refractivity contribution in [3.05, 3.63) is 41.7 Å². The summed E-state index contributed by atoms with van der Waals surface area (Å²) >= 11 is 1.58. The molecular weight excluding hydrogens is 284 g/mol. The molecule has 0 aliphatic rings. The number of thioether (sulfide) groups is 1. The molecule has 0 spiro atoms. The summed E-state index contributed by atoms with van der Waals surface area (Å²) in [5.41, 5.74) is 3.23. The second kappa shape index (κ2) is 7.31. The van der Waals surface area contributed by atoms with Gasteiger partial charge in [-0.25, -0.2) is 4.98 Å². The Morgan fingerprint density at radius 2 is 2.00 bits per heavy atom. The lowest BCUT2D eigenvalue weighted by Gasteiger charge is -2.09. The number of aromatic nitrogens is 2. The van der Waals surface area contributed by atoms with Crippen LogP contribution in [0.15, 0.2) is 35.5 Å². The summed E-state index contributed by atoms with van der Waals surface area (Å²) in [6, 6.07) is 10.1. The fourth-order valence-electron chi connectivity index (χ4n) is 2.02. The molecule has 1 aromatic carbocycles. The molecule has 0 saturated heterocycles. The summed E-state index contributed by atoms with van der Waals surface area (Å²) in [6.07, 6.45) is 0.401. The van der Waals surface area contributed by atoms with Gasteiger partial charge in [-0.3, -0.25) is 9.36 Å². The molecule has 0 fully saturated rings. The van der Waals surface area contributed by atoms with E-state index < -0.39 is 0 Å². The van der Waals surface area contributed by atoms with Crippen LogP contribution in [-0.2, 0) is 9.53 Å². The number of hydrogen-bond acceptors (Lipinski definition) is 4. The fourth-order valence-corrected chi connectivity index (χ4v) is 3.04. The SMILES string of the molecule is CCOC(=O)CCSc1nc(C)c(C)n1-c1ccccc1. The van der Waals surface area contributed by atoms with E-state index in [4.69, 9.17) is 4.74 Å². The van der Waals surface area contributed by atoms with Gasteiger partial charge in [-0.05, 0) is 32.9 Å². The Labute approximate surface area is 129 Å². The molecule has 2 aromatic rings. The lowest BCUT2D eigenvalue weighted by atomic mass is 10.3. The number of rotatable bonds is 6. The van der Waals surface area contributed by atoms with Crippen molar-refractivity contribution in [2.75, 3.05) is 12.4 Å². The second-order valence-electron chi connectivity index (χ2n) is 4.64. The number of esters is 1. The summed E-state index contributed by atoms with van der Waals surface area (Å²) in [5, 5.41) is 0.917. The van der Waals surface area contributed by atoms with Gasteiger partial charge in [0, 0.05) is 17.1 Å². The molecule has 0 amide bonds. The molecule has 0 N–H and O–H groups in total. The number of para-hydroxylation sites is 1. The number of hydrogen-bond donors (Lipinski definition) is 0. The molecule has 21 heavy (non-hydrogen) atoms. The summed E-state index contributed by atoms with van der Waals surface area (Å²) in [7, 11) is 0. The Morgan fingerprint density at radius 3 is 2.67 bits per heavy atom. The first-order valence-corrected chi connectivity index (χ1v) is 8.01. The highest BCUT2D eigenvalue weighted by molar-refractivity contribution is 7.99. The highest BCUT2D eigenvalue weighted by Crippen LogP contribution is 2.25. The third kappa shape index (κ3) is 3.88. The van der Waals surface area contributed by atoms with E-state index in [2.05, 4.69) is 28.6 Å². The maximum absolute atomic E-state index is 11.4. The fraction of sp³-hybridized carbons (Fsp3) is 0.375. The second-order valence-corrected chi connectivity index (χ2v) is 5.70. The third-order valence-electron chi connectivity index (χ3n) is 3.17. The van der Waals surface area contributed by atoms with Crippen molar-refractivity contribution in [1.82, 2.24) is 9.55 Å². The number of imidazole rings is 1. The Kier molecular flexibility index (Phi) is 5.44. The average Bonchev–Trinajstić information content (AvgIpc) is 2.75. The minimum Gasteiger partial charge on any atom is -0.466 e. The van der Waals surface area contributed by atoms with Crippen molar-refractivity contribution < 1.29 is 9.53 Å². The molecule has 0 unspecified atom stereocenters. The highest BCUT2D eigenvalue weighted by atomic mass is 32.2. The molecule has 0 atom stereocenters. The van der Waals surface area contributed by atoms with Crippen LogP contribution >= 0.6 is 11.8 Å². The van der Waals surface area contributed by atoms with E-state index in [1.807, 2.05) is 32.0 Å². The number of ether oxygens (including phenoxy) is 1. The van der Waals surface area contributed by atoms with E-state index >= 15 is 0 Å². The zero-order valence-electron chi connectivity index (χ0n) is 12.6.